The number of hydrogen-bond acceptors (Lipinski definition) is 4. The summed E-state index contributed by atoms with van der Waals surface area (Å²) in [5.74, 6) is 0.519. The zero-order valence-electron chi connectivity index (χ0n) is 15.8. The average Bonchev–Trinajstić information content (AvgIpc) is 3.08. The molecule has 0 radical (unpaired) electrons. The second-order valence-electron chi connectivity index (χ2n) is 6.54. The minimum absolute atomic E-state index is 0.0408. The highest BCUT2D eigenvalue weighted by Gasteiger charge is 2.19. The summed E-state index contributed by atoms with van der Waals surface area (Å²) in [6.45, 7) is 3.84. The fraction of sp³-hybridized carbons (Fsp3) is 0.286. The van der Waals surface area contributed by atoms with E-state index in [1.165, 1.54) is 5.56 Å². The standard InChI is InChI=1S/C21H24N4O2/c1-15(12-13-17-8-5-4-6-9-17)22-21(26)20-16(2)25(24-23-20)18-10-7-11-19(14-18)27-3/h4-11,14-15H,12-13H2,1-3H3,(H,22,26). The van der Waals surface area contributed by atoms with Crippen molar-refractivity contribution in [3.63, 3.8) is 0 Å². The van der Waals surface area contributed by atoms with Gasteiger partial charge in [0, 0.05) is 12.1 Å². The van der Waals surface area contributed by atoms with Crippen LogP contribution < -0.4 is 10.1 Å². The van der Waals surface area contributed by atoms with E-state index < -0.39 is 0 Å². The van der Waals surface area contributed by atoms with Crippen molar-refractivity contribution < 1.29 is 9.53 Å². The number of amides is 1. The first kappa shape index (κ1) is 18.6. The third kappa shape index (κ3) is 4.53. The van der Waals surface area contributed by atoms with Crippen molar-refractivity contribution in [1.82, 2.24) is 20.3 Å². The molecule has 2 aromatic carbocycles. The predicted molar refractivity (Wildman–Crippen MR) is 104 cm³/mol. The van der Waals surface area contributed by atoms with Crippen LogP contribution in [0.1, 0.15) is 35.1 Å². The van der Waals surface area contributed by atoms with Crippen molar-refractivity contribution in [1.29, 1.82) is 0 Å². The van der Waals surface area contributed by atoms with E-state index in [-0.39, 0.29) is 11.9 Å². The van der Waals surface area contributed by atoms with Crippen molar-refractivity contribution in [3.05, 3.63) is 71.5 Å². The molecule has 0 bridgehead atoms. The van der Waals surface area contributed by atoms with Gasteiger partial charge in [-0.05, 0) is 44.4 Å². The zero-order valence-corrected chi connectivity index (χ0v) is 15.8. The molecule has 1 heterocycles. The molecule has 0 saturated carbocycles. The molecule has 3 aromatic rings. The predicted octanol–water partition coefficient (Wildman–Crippen LogP) is 3.34. The first-order chi connectivity index (χ1) is 13.1. The number of hydrogen-bond donors (Lipinski definition) is 1. The molecule has 1 N–H and O–H groups in total. The van der Waals surface area contributed by atoms with E-state index in [0.29, 0.717) is 11.4 Å². The summed E-state index contributed by atoms with van der Waals surface area (Å²) in [4.78, 5) is 12.6. The third-order valence-electron chi connectivity index (χ3n) is 4.49. The van der Waals surface area contributed by atoms with Crippen LogP contribution in [0, 0.1) is 6.92 Å². The monoisotopic (exact) mass is 364 g/mol. The van der Waals surface area contributed by atoms with Gasteiger partial charge in [0.25, 0.3) is 5.91 Å². The van der Waals surface area contributed by atoms with E-state index >= 15 is 0 Å². The first-order valence-corrected chi connectivity index (χ1v) is 9.00. The number of carbonyl (C=O) groups is 1. The van der Waals surface area contributed by atoms with E-state index in [0.717, 1.165) is 24.3 Å². The number of nitrogens with one attached hydrogen (secondary N) is 1. The van der Waals surface area contributed by atoms with Gasteiger partial charge in [0.2, 0.25) is 0 Å². The number of ether oxygens (including phenoxy) is 1. The molecule has 6 nitrogen and oxygen atoms in total. The van der Waals surface area contributed by atoms with Gasteiger partial charge in [0.15, 0.2) is 5.69 Å². The fourth-order valence-electron chi connectivity index (χ4n) is 2.92. The molecule has 0 spiro atoms. The lowest BCUT2D eigenvalue weighted by Crippen LogP contribution is -2.33. The normalized spacial score (nSPS) is 11.8. The second-order valence-corrected chi connectivity index (χ2v) is 6.54. The Labute approximate surface area is 159 Å². The quantitative estimate of drug-likeness (QED) is 0.698. The number of carbonyl (C=O) groups excluding carboxylic acids is 1. The lowest BCUT2D eigenvalue weighted by Gasteiger charge is -2.13. The van der Waals surface area contributed by atoms with Gasteiger partial charge in [-0.15, -0.1) is 5.10 Å². The first-order valence-electron chi connectivity index (χ1n) is 9.00. The van der Waals surface area contributed by atoms with Gasteiger partial charge in [-0.3, -0.25) is 4.79 Å². The average molecular weight is 364 g/mol. The van der Waals surface area contributed by atoms with E-state index in [4.69, 9.17) is 4.74 Å². The zero-order chi connectivity index (χ0) is 19.2. The minimum atomic E-state index is -0.206. The molecule has 27 heavy (non-hydrogen) atoms. The van der Waals surface area contributed by atoms with Crippen LogP contribution in [0.15, 0.2) is 54.6 Å². The van der Waals surface area contributed by atoms with E-state index in [2.05, 4.69) is 27.8 Å². The Hall–Kier alpha value is -3.15. The Bertz CT molecular complexity index is 906. The molecule has 0 aliphatic carbocycles. The number of nitrogens with zero attached hydrogens (tertiary/aromatic N) is 3. The fourth-order valence-corrected chi connectivity index (χ4v) is 2.92. The second kappa shape index (κ2) is 8.49. The maximum absolute atomic E-state index is 12.6. The molecule has 0 aliphatic rings. The lowest BCUT2D eigenvalue weighted by molar-refractivity contribution is 0.0932. The van der Waals surface area contributed by atoms with Crippen molar-refractivity contribution >= 4 is 5.91 Å². The van der Waals surface area contributed by atoms with Crippen LogP contribution in [-0.2, 0) is 6.42 Å². The summed E-state index contributed by atoms with van der Waals surface area (Å²) in [6, 6.07) is 17.8. The molecule has 1 amide bonds. The van der Waals surface area contributed by atoms with E-state index in [9.17, 15) is 4.79 Å². The summed E-state index contributed by atoms with van der Waals surface area (Å²) in [7, 11) is 1.61. The van der Waals surface area contributed by atoms with Crippen LogP contribution >= 0.6 is 0 Å². The summed E-state index contributed by atoms with van der Waals surface area (Å²) < 4.78 is 6.89. The highest BCUT2D eigenvalue weighted by molar-refractivity contribution is 5.93. The van der Waals surface area contributed by atoms with Gasteiger partial charge in [0.1, 0.15) is 5.75 Å². The molecule has 6 heteroatoms. The molecule has 0 fully saturated rings. The Balaban J connectivity index is 1.65. The lowest BCUT2D eigenvalue weighted by atomic mass is 10.1. The van der Waals surface area contributed by atoms with Crippen LogP contribution in [0.5, 0.6) is 5.75 Å². The third-order valence-corrected chi connectivity index (χ3v) is 4.49. The highest BCUT2D eigenvalue weighted by atomic mass is 16.5. The van der Waals surface area contributed by atoms with Crippen molar-refractivity contribution in [2.75, 3.05) is 7.11 Å². The number of aromatic nitrogens is 3. The van der Waals surface area contributed by atoms with Gasteiger partial charge in [-0.2, -0.15) is 0 Å². The molecule has 0 aliphatic heterocycles. The topological polar surface area (TPSA) is 69.0 Å². The molecule has 1 unspecified atom stereocenters. The Morgan fingerprint density at radius 3 is 2.70 bits per heavy atom. The SMILES string of the molecule is COc1cccc(-n2nnc(C(=O)NC(C)CCc3ccccc3)c2C)c1. The molecule has 3 rings (SSSR count). The van der Waals surface area contributed by atoms with Crippen LogP contribution in [0.4, 0.5) is 0 Å². The Morgan fingerprint density at radius 2 is 1.96 bits per heavy atom. The summed E-state index contributed by atoms with van der Waals surface area (Å²) in [5, 5.41) is 11.2. The Morgan fingerprint density at radius 1 is 1.19 bits per heavy atom. The minimum Gasteiger partial charge on any atom is -0.497 e. The molecular formula is C21H24N4O2. The van der Waals surface area contributed by atoms with Gasteiger partial charge in [-0.1, -0.05) is 41.6 Å². The van der Waals surface area contributed by atoms with Gasteiger partial charge < -0.3 is 10.1 Å². The smallest absolute Gasteiger partial charge is 0.273 e. The van der Waals surface area contributed by atoms with Crippen molar-refractivity contribution in [2.24, 2.45) is 0 Å². The van der Waals surface area contributed by atoms with Crippen LogP contribution in [-0.4, -0.2) is 34.1 Å². The maximum atomic E-state index is 12.6. The summed E-state index contributed by atoms with van der Waals surface area (Å²) in [6.07, 6.45) is 1.77. The molecule has 1 aromatic heterocycles. The largest absolute Gasteiger partial charge is 0.497 e. The van der Waals surface area contributed by atoms with Crippen LogP contribution in [0.25, 0.3) is 5.69 Å². The van der Waals surface area contributed by atoms with Crippen molar-refractivity contribution in [3.8, 4) is 11.4 Å². The van der Waals surface area contributed by atoms with Crippen molar-refractivity contribution in [2.45, 2.75) is 32.7 Å². The van der Waals surface area contributed by atoms with Gasteiger partial charge >= 0.3 is 0 Å². The Kier molecular flexibility index (Phi) is 5.86. The summed E-state index contributed by atoms with van der Waals surface area (Å²) >= 11 is 0. The summed E-state index contributed by atoms with van der Waals surface area (Å²) in [5.41, 5.74) is 3.09. The van der Waals surface area contributed by atoms with E-state index in [1.54, 1.807) is 11.8 Å². The molecule has 0 saturated heterocycles. The maximum Gasteiger partial charge on any atom is 0.273 e. The van der Waals surface area contributed by atoms with Crippen LogP contribution in [0.3, 0.4) is 0 Å². The molecule has 1 atom stereocenters. The molecular weight excluding hydrogens is 340 g/mol. The number of benzene rings is 2. The van der Waals surface area contributed by atoms with Crippen LogP contribution in [0.2, 0.25) is 0 Å². The van der Waals surface area contributed by atoms with Gasteiger partial charge in [-0.25, -0.2) is 4.68 Å². The number of aryl methyl sites for hydroxylation is 1. The number of methoxy groups -OCH3 is 1. The van der Waals surface area contributed by atoms with E-state index in [1.807, 2.05) is 56.3 Å². The van der Waals surface area contributed by atoms with Gasteiger partial charge in [0.05, 0.1) is 18.5 Å². The number of rotatable bonds is 7. The molecule has 140 valence electrons. The highest BCUT2D eigenvalue weighted by Crippen LogP contribution is 2.18.